The van der Waals surface area contributed by atoms with Gasteiger partial charge in [-0.3, -0.25) is 14.7 Å². The summed E-state index contributed by atoms with van der Waals surface area (Å²) in [7, 11) is 0. The summed E-state index contributed by atoms with van der Waals surface area (Å²) in [5, 5.41) is 0.673. The maximum atomic E-state index is 12.2. The Hall–Kier alpha value is -2.13. The van der Waals surface area contributed by atoms with E-state index in [-0.39, 0.29) is 18.5 Å². The molecule has 1 amide bonds. The molecule has 0 aromatic heterocycles. The number of amides is 1. The molecule has 1 aliphatic rings. The number of carbonyl (C=O) groups is 1. The van der Waals surface area contributed by atoms with Crippen LogP contribution in [0.4, 0.5) is 0 Å². The van der Waals surface area contributed by atoms with Crippen LogP contribution >= 0.6 is 11.6 Å². The highest BCUT2D eigenvalue weighted by atomic mass is 35.5. The number of aliphatic imine (C=N–C) groups is 1. The summed E-state index contributed by atoms with van der Waals surface area (Å²) in [6.45, 7) is 2.22. The number of benzene rings is 2. The van der Waals surface area contributed by atoms with Crippen LogP contribution in [0.25, 0.3) is 0 Å². The van der Waals surface area contributed by atoms with E-state index in [9.17, 15) is 4.79 Å². The molecule has 3 rings (SSSR count). The van der Waals surface area contributed by atoms with Crippen LogP contribution < -0.4 is 0 Å². The minimum absolute atomic E-state index is 0.0244. The van der Waals surface area contributed by atoms with E-state index < -0.39 is 0 Å². The standard InChI is InChI=1S/C17H15ClN2O/c1-12(13-5-3-2-4-6-13)20-16(21)11-19-17(20)14-7-9-15(18)10-8-14/h2-10,12H,11H2,1H3/t12-/m0/s1. The highest BCUT2D eigenvalue weighted by molar-refractivity contribution is 6.30. The molecule has 1 aliphatic heterocycles. The molecule has 0 radical (unpaired) electrons. The van der Waals surface area contributed by atoms with E-state index in [0.29, 0.717) is 10.9 Å². The van der Waals surface area contributed by atoms with Crippen LogP contribution in [0.1, 0.15) is 24.1 Å². The summed E-state index contributed by atoms with van der Waals surface area (Å²) in [4.78, 5) is 18.4. The summed E-state index contributed by atoms with van der Waals surface area (Å²) in [6.07, 6.45) is 0. The van der Waals surface area contributed by atoms with Gasteiger partial charge in [0.25, 0.3) is 0 Å². The monoisotopic (exact) mass is 298 g/mol. The number of nitrogens with zero attached hydrogens (tertiary/aromatic N) is 2. The average Bonchev–Trinajstić information content (AvgIpc) is 2.90. The van der Waals surface area contributed by atoms with E-state index in [4.69, 9.17) is 11.6 Å². The second-order valence-corrected chi connectivity index (χ2v) is 5.43. The Bertz CT molecular complexity index is 680. The Morgan fingerprint density at radius 1 is 1.10 bits per heavy atom. The molecule has 0 saturated heterocycles. The molecule has 2 aromatic rings. The number of carbonyl (C=O) groups excluding carboxylic acids is 1. The maximum Gasteiger partial charge on any atom is 0.250 e. The van der Waals surface area contributed by atoms with Crippen LogP contribution in [-0.4, -0.2) is 23.2 Å². The number of rotatable bonds is 3. The minimum atomic E-state index is -0.0457. The van der Waals surface area contributed by atoms with Gasteiger partial charge in [0.2, 0.25) is 5.91 Å². The molecule has 1 heterocycles. The molecular formula is C17H15ClN2O. The molecule has 0 spiro atoms. The molecule has 0 aliphatic carbocycles. The summed E-state index contributed by atoms with van der Waals surface area (Å²) in [6, 6.07) is 17.3. The van der Waals surface area contributed by atoms with Gasteiger partial charge in [0.1, 0.15) is 12.4 Å². The van der Waals surface area contributed by atoms with E-state index in [0.717, 1.165) is 11.1 Å². The van der Waals surface area contributed by atoms with E-state index in [1.165, 1.54) is 0 Å². The van der Waals surface area contributed by atoms with Crippen molar-refractivity contribution < 1.29 is 4.79 Å². The summed E-state index contributed by atoms with van der Waals surface area (Å²) in [5.41, 5.74) is 2.00. The molecule has 21 heavy (non-hydrogen) atoms. The molecule has 0 unspecified atom stereocenters. The Labute approximate surface area is 128 Å². The van der Waals surface area contributed by atoms with E-state index in [2.05, 4.69) is 4.99 Å². The predicted molar refractivity (Wildman–Crippen MR) is 84.6 cm³/mol. The average molecular weight is 299 g/mol. The highest BCUT2D eigenvalue weighted by Crippen LogP contribution is 2.26. The summed E-state index contributed by atoms with van der Waals surface area (Å²) < 4.78 is 0. The van der Waals surface area contributed by atoms with E-state index in [1.54, 1.807) is 4.90 Å². The van der Waals surface area contributed by atoms with Crippen molar-refractivity contribution in [1.29, 1.82) is 0 Å². The minimum Gasteiger partial charge on any atom is -0.288 e. The zero-order chi connectivity index (χ0) is 14.8. The third kappa shape index (κ3) is 2.69. The van der Waals surface area contributed by atoms with Gasteiger partial charge in [-0.15, -0.1) is 0 Å². The SMILES string of the molecule is C[C@@H](c1ccccc1)N1C(=O)CN=C1c1ccc(Cl)cc1. The number of hydrogen-bond acceptors (Lipinski definition) is 2. The molecule has 106 valence electrons. The molecule has 1 atom stereocenters. The molecule has 0 saturated carbocycles. The van der Waals surface area contributed by atoms with Crippen molar-refractivity contribution >= 4 is 23.3 Å². The van der Waals surface area contributed by atoms with Gasteiger partial charge in [-0.2, -0.15) is 0 Å². The fourth-order valence-corrected chi connectivity index (χ4v) is 2.65. The largest absolute Gasteiger partial charge is 0.288 e. The lowest BCUT2D eigenvalue weighted by Gasteiger charge is -2.26. The topological polar surface area (TPSA) is 32.7 Å². The van der Waals surface area contributed by atoms with Crippen molar-refractivity contribution in [3.63, 3.8) is 0 Å². The second-order valence-electron chi connectivity index (χ2n) is 5.00. The van der Waals surface area contributed by atoms with Crippen molar-refractivity contribution in [2.24, 2.45) is 4.99 Å². The van der Waals surface area contributed by atoms with Crippen LogP contribution in [0, 0.1) is 0 Å². The zero-order valence-electron chi connectivity index (χ0n) is 11.7. The molecule has 0 fully saturated rings. The fraction of sp³-hybridized carbons (Fsp3) is 0.176. The number of hydrogen-bond donors (Lipinski definition) is 0. The van der Waals surface area contributed by atoms with E-state index in [1.807, 2.05) is 61.5 Å². The van der Waals surface area contributed by atoms with Crippen LogP contribution in [0.2, 0.25) is 5.02 Å². The lowest BCUT2D eigenvalue weighted by atomic mass is 10.1. The predicted octanol–water partition coefficient (Wildman–Crippen LogP) is 3.69. The zero-order valence-corrected chi connectivity index (χ0v) is 12.4. The first kappa shape index (κ1) is 13.8. The van der Waals surface area contributed by atoms with E-state index >= 15 is 0 Å². The second kappa shape index (κ2) is 5.70. The molecule has 2 aromatic carbocycles. The Balaban J connectivity index is 1.94. The van der Waals surface area contributed by atoms with Gasteiger partial charge >= 0.3 is 0 Å². The fourth-order valence-electron chi connectivity index (χ4n) is 2.52. The Morgan fingerprint density at radius 2 is 1.76 bits per heavy atom. The van der Waals surface area contributed by atoms with Gasteiger partial charge in [0, 0.05) is 10.6 Å². The first-order valence-corrected chi connectivity index (χ1v) is 7.22. The lowest BCUT2D eigenvalue weighted by molar-refractivity contribution is -0.126. The van der Waals surface area contributed by atoms with Crippen LogP contribution in [0.15, 0.2) is 59.6 Å². The van der Waals surface area contributed by atoms with Crippen molar-refractivity contribution in [3.8, 4) is 0 Å². The Morgan fingerprint density at radius 3 is 2.43 bits per heavy atom. The van der Waals surface area contributed by atoms with Crippen molar-refractivity contribution in [1.82, 2.24) is 4.90 Å². The smallest absolute Gasteiger partial charge is 0.250 e. The number of amidine groups is 1. The highest BCUT2D eigenvalue weighted by Gasteiger charge is 2.31. The van der Waals surface area contributed by atoms with Gasteiger partial charge in [-0.25, -0.2) is 0 Å². The quantitative estimate of drug-likeness (QED) is 0.850. The lowest BCUT2D eigenvalue weighted by Crippen LogP contribution is -2.35. The van der Waals surface area contributed by atoms with Crippen molar-refractivity contribution in [3.05, 3.63) is 70.7 Å². The summed E-state index contributed by atoms with van der Waals surface area (Å²) in [5.74, 6) is 0.740. The molecule has 4 heteroatoms. The van der Waals surface area contributed by atoms with Crippen LogP contribution in [-0.2, 0) is 4.79 Å². The van der Waals surface area contributed by atoms with Crippen molar-refractivity contribution in [2.45, 2.75) is 13.0 Å². The van der Waals surface area contributed by atoms with Crippen LogP contribution in [0.3, 0.4) is 0 Å². The normalized spacial score (nSPS) is 16.0. The molecule has 3 nitrogen and oxygen atoms in total. The van der Waals surface area contributed by atoms with Gasteiger partial charge in [0.05, 0.1) is 6.04 Å². The summed E-state index contributed by atoms with van der Waals surface area (Å²) >= 11 is 5.92. The van der Waals surface area contributed by atoms with Gasteiger partial charge in [0.15, 0.2) is 0 Å². The molecular weight excluding hydrogens is 284 g/mol. The third-order valence-corrected chi connectivity index (χ3v) is 3.88. The van der Waals surface area contributed by atoms with Crippen LogP contribution in [0.5, 0.6) is 0 Å². The van der Waals surface area contributed by atoms with Crippen molar-refractivity contribution in [2.75, 3.05) is 6.54 Å². The van der Waals surface area contributed by atoms with Gasteiger partial charge < -0.3 is 0 Å². The molecule has 0 N–H and O–H groups in total. The number of halogens is 1. The Kier molecular flexibility index (Phi) is 3.76. The van der Waals surface area contributed by atoms with Gasteiger partial charge in [-0.05, 0) is 36.8 Å². The molecule has 0 bridgehead atoms. The van der Waals surface area contributed by atoms with Gasteiger partial charge in [-0.1, -0.05) is 41.9 Å². The first-order chi connectivity index (χ1) is 10.2. The maximum absolute atomic E-state index is 12.2. The first-order valence-electron chi connectivity index (χ1n) is 6.84. The third-order valence-electron chi connectivity index (χ3n) is 3.63.